The highest BCUT2D eigenvalue weighted by molar-refractivity contribution is 7.88. The fourth-order valence-corrected chi connectivity index (χ4v) is 3.85. The third-order valence-electron chi connectivity index (χ3n) is 3.72. The van der Waals surface area contributed by atoms with Gasteiger partial charge in [-0.05, 0) is 32.4 Å². The van der Waals surface area contributed by atoms with E-state index in [-0.39, 0.29) is 11.9 Å². The number of pyridine rings is 1. The highest BCUT2D eigenvalue weighted by Gasteiger charge is 2.19. The predicted octanol–water partition coefficient (Wildman–Crippen LogP) is 2.02. The lowest BCUT2D eigenvalue weighted by Gasteiger charge is -2.23. The smallest absolute Gasteiger partial charge is 0.253 e. The third kappa shape index (κ3) is 4.52. The Bertz CT molecular complexity index is 813. The Balaban J connectivity index is 1.96. The predicted molar refractivity (Wildman–Crippen MR) is 95.4 cm³/mol. The quantitative estimate of drug-likeness (QED) is 0.776. The molecule has 0 aliphatic rings. The fraction of sp³-hybridized carbons (Fsp3) is 0.412. The van der Waals surface area contributed by atoms with E-state index in [1.807, 2.05) is 38.1 Å². The molecule has 0 bridgehead atoms. The average molecular weight is 349 g/mol. The van der Waals surface area contributed by atoms with Crippen molar-refractivity contribution in [3.05, 3.63) is 42.1 Å². The number of nitrogens with zero attached hydrogens (tertiary/aromatic N) is 2. The van der Waals surface area contributed by atoms with Crippen molar-refractivity contribution in [1.82, 2.24) is 14.6 Å². The lowest BCUT2D eigenvalue weighted by molar-refractivity contribution is 0.0954. The standard InChI is InChI=1S/C17H23N3O3S/c1-13(2)20(24(3,22)23)12-6-11-19-17(21)15-9-4-7-14-8-5-10-18-16(14)15/h4-5,7-10,13H,6,11-12H2,1-3H3,(H,19,21). The molecule has 6 nitrogen and oxygen atoms in total. The van der Waals surface area contributed by atoms with Crippen molar-refractivity contribution in [3.8, 4) is 0 Å². The van der Waals surface area contributed by atoms with E-state index in [9.17, 15) is 13.2 Å². The van der Waals surface area contributed by atoms with Gasteiger partial charge >= 0.3 is 0 Å². The summed E-state index contributed by atoms with van der Waals surface area (Å²) >= 11 is 0. The molecule has 1 aromatic carbocycles. The maximum absolute atomic E-state index is 12.4. The van der Waals surface area contributed by atoms with Crippen LogP contribution in [0.1, 0.15) is 30.6 Å². The van der Waals surface area contributed by atoms with Crippen LogP contribution in [0, 0.1) is 0 Å². The Morgan fingerprint density at radius 2 is 1.96 bits per heavy atom. The summed E-state index contributed by atoms with van der Waals surface area (Å²) in [4.78, 5) is 16.6. The van der Waals surface area contributed by atoms with Crippen LogP contribution in [-0.2, 0) is 10.0 Å². The lowest BCUT2D eigenvalue weighted by atomic mass is 10.1. The molecule has 1 heterocycles. The summed E-state index contributed by atoms with van der Waals surface area (Å²) in [6, 6.07) is 9.11. The monoisotopic (exact) mass is 349 g/mol. The molecule has 0 saturated carbocycles. The first-order valence-corrected chi connectivity index (χ1v) is 9.74. The van der Waals surface area contributed by atoms with Gasteiger partial charge in [-0.25, -0.2) is 8.42 Å². The summed E-state index contributed by atoms with van der Waals surface area (Å²) in [6.45, 7) is 4.45. The van der Waals surface area contributed by atoms with Gasteiger partial charge in [-0.1, -0.05) is 18.2 Å². The molecule has 24 heavy (non-hydrogen) atoms. The Morgan fingerprint density at radius 1 is 1.25 bits per heavy atom. The maximum Gasteiger partial charge on any atom is 0.253 e. The van der Waals surface area contributed by atoms with Gasteiger partial charge in [0.05, 0.1) is 17.3 Å². The van der Waals surface area contributed by atoms with Crippen LogP contribution in [0.4, 0.5) is 0 Å². The van der Waals surface area contributed by atoms with Crippen LogP contribution < -0.4 is 5.32 Å². The largest absolute Gasteiger partial charge is 0.352 e. The van der Waals surface area contributed by atoms with Gasteiger partial charge in [0.1, 0.15) is 0 Å². The van der Waals surface area contributed by atoms with E-state index in [1.165, 1.54) is 10.6 Å². The van der Waals surface area contributed by atoms with E-state index in [0.29, 0.717) is 30.6 Å². The molecular weight excluding hydrogens is 326 g/mol. The number of fused-ring (bicyclic) bond motifs is 1. The van der Waals surface area contributed by atoms with E-state index in [1.54, 1.807) is 12.3 Å². The number of para-hydroxylation sites is 1. The first-order chi connectivity index (χ1) is 11.3. The molecule has 2 rings (SSSR count). The van der Waals surface area contributed by atoms with Crippen LogP contribution in [0.3, 0.4) is 0 Å². The Kier molecular flexibility index (Phi) is 5.90. The summed E-state index contributed by atoms with van der Waals surface area (Å²) in [5.41, 5.74) is 1.19. The van der Waals surface area contributed by atoms with Crippen molar-refractivity contribution in [1.29, 1.82) is 0 Å². The molecule has 0 saturated heterocycles. The second kappa shape index (κ2) is 7.72. The normalized spacial score (nSPS) is 12.0. The van der Waals surface area contributed by atoms with Crippen molar-refractivity contribution in [2.24, 2.45) is 0 Å². The van der Waals surface area contributed by atoms with Gasteiger partial charge in [0.2, 0.25) is 10.0 Å². The van der Waals surface area contributed by atoms with Crippen LogP contribution in [0.2, 0.25) is 0 Å². The van der Waals surface area contributed by atoms with E-state index < -0.39 is 10.0 Å². The van der Waals surface area contributed by atoms with Crippen LogP contribution in [-0.4, -0.2) is 49.0 Å². The van der Waals surface area contributed by atoms with Crippen molar-refractivity contribution < 1.29 is 13.2 Å². The highest BCUT2D eigenvalue weighted by atomic mass is 32.2. The van der Waals surface area contributed by atoms with Crippen molar-refractivity contribution >= 4 is 26.8 Å². The number of hydrogen-bond donors (Lipinski definition) is 1. The maximum atomic E-state index is 12.4. The minimum atomic E-state index is -3.24. The van der Waals surface area contributed by atoms with Crippen molar-refractivity contribution in [2.75, 3.05) is 19.3 Å². The SMILES string of the molecule is CC(C)N(CCCNC(=O)c1cccc2cccnc12)S(C)(=O)=O. The number of aromatic nitrogens is 1. The summed E-state index contributed by atoms with van der Waals surface area (Å²) in [7, 11) is -3.24. The average Bonchev–Trinajstić information content (AvgIpc) is 2.52. The van der Waals surface area contributed by atoms with E-state index in [2.05, 4.69) is 10.3 Å². The number of amides is 1. The molecule has 0 radical (unpaired) electrons. The molecule has 0 unspecified atom stereocenters. The number of carbonyl (C=O) groups is 1. The zero-order valence-electron chi connectivity index (χ0n) is 14.2. The zero-order chi connectivity index (χ0) is 17.7. The van der Waals surface area contributed by atoms with Crippen molar-refractivity contribution in [3.63, 3.8) is 0 Å². The summed E-state index contributed by atoms with van der Waals surface area (Å²) < 4.78 is 24.8. The lowest BCUT2D eigenvalue weighted by Crippen LogP contribution is -2.38. The number of carbonyl (C=O) groups excluding carboxylic acids is 1. The second-order valence-electron chi connectivity index (χ2n) is 5.96. The first kappa shape index (κ1) is 18.4. The Hall–Kier alpha value is -1.99. The van der Waals surface area contributed by atoms with E-state index in [0.717, 1.165) is 5.39 Å². The molecule has 0 spiro atoms. The number of rotatable bonds is 7. The molecule has 1 aromatic heterocycles. The number of nitrogens with one attached hydrogen (secondary N) is 1. The Labute approximate surface area is 142 Å². The van der Waals surface area contributed by atoms with Crippen molar-refractivity contribution in [2.45, 2.75) is 26.3 Å². The molecule has 0 fully saturated rings. The molecule has 1 N–H and O–H groups in total. The number of sulfonamides is 1. The van der Waals surface area contributed by atoms with Crippen LogP contribution >= 0.6 is 0 Å². The minimum Gasteiger partial charge on any atom is -0.352 e. The summed E-state index contributed by atoms with van der Waals surface area (Å²) in [6.07, 6.45) is 3.41. The van der Waals surface area contributed by atoms with Gasteiger partial charge in [-0.2, -0.15) is 4.31 Å². The van der Waals surface area contributed by atoms with Gasteiger partial charge in [0.15, 0.2) is 0 Å². The second-order valence-corrected chi connectivity index (χ2v) is 7.89. The minimum absolute atomic E-state index is 0.0991. The third-order valence-corrected chi connectivity index (χ3v) is 5.18. The highest BCUT2D eigenvalue weighted by Crippen LogP contribution is 2.15. The number of hydrogen-bond acceptors (Lipinski definition) is 4. The fourth-order valence-electron chi connectivity index (χ4n) is 2.63. The molecular formula is C17H23N3O3S. The van der Waals surface area contributed by atoms with Gasteiger partial charge in [0, 0.05) is 30.7 Å². The zero-order valence-corrected chi connectivity index (χ0v) is 15.0. The van der Waals surface area contributed by atoms with Gasteiger partial charge < -0.3 is 5.32 Å². The van der Waals surface area contributed by atoms with E-state index in [4.69, 9.17) is 0 Å². The number of benzene rings is 1. The van der Waals surface area contributed by atoms with Crippen LogP contribution in [0.25, 0.3) is 10.9 Å². The summed E-state index contributed by atoms with van der Waals surface area (Å²) in [5.74, 6) is -0.199. The molecule has 0 atom stereocenters. The summed E-state index contributed by atoms with van der Waals surface area (Å²) in [5, 5.41) is 3.75. The molecule has 1 amide bonds. The van der Waals surface area contributed by atoms with Gasteiger partial charge in [-0.15, -0.1) is 0 Å². The molecule has 0 aliphatic heterocycles. The van der Waals surface area contributed by atoms with Gasteiger partial charge in [0.25, 0.3) is 5.91 Å². The van der Waals surface area contributed by atoms with Gasteiger partial charge in [-0.3, -0.25) is 9.78 Å². The first-order valence-electron chi connectivity index (χ1n) is 7.89. The van der Waals surface area contributed by atoms with Crippen LogP contribution in [0.5, 0.6) is 0 Å². The van der Waals surface area contributed by atoms with E-state index >= 15 is 0 Å². The Morgan fingerprint density at radius 3 is 2.62 bits per heavy atom. The topological polar surface area (TPSA) is 79.4 Å². The molecule has 2 aromatic rings. The molecule has 0 aliphatic carbocycles. The molecule has 7 heteroatoms. The molecule has 130 valence electrons. The van der Waals surface area contributed by atoms with Crippen LogP contribution in [0.15, 0.2) is 36.5 Å².